The van der Waals surface area contributed by atoms with Gasteiger partial charge in [-0.25, -0.2) is 9.18 Å². The monoisotopic (exact) mass is 588 g/mol. The second-order valence-corrected chi connectivity index (χ2v) is 10.9. The zero-order valence-electron chi connectivity index (χ0n) is 23.0. The summed E-state index contributed by atoms with van der Waals surface area (Å²) in [5, 5.41) is 9.97. The molecule has 1 unspecified atom stereocenters. The van der Waals surface area contributed by atoms with Crippen molar-refractivity contribution in [2.45, 2.75) is 44.4 Å². The fourth-order valence-corrected chi connectivity index (χ4v) is 5.59. The molecule has 14 heteroatoms. The molecule has 2 aliphatic rings. The van der Waals surface area contributed by atoms with Crippen molar-refractivity contribution < 1.29 is 36.7 Å². The van der Waals surface area contributed by atoms with Crippen molar-refractivity contribution in [3.63, 3.8) is 0 Å². The van der Waals surface area contributed by atoms with Crippen LogP contribution in [0.5, 0.6) is 0 Å². The number of amides is 5. The van der Waals surface area contributed by atoms with Crippen LogP contribution in [0.25, 0.3) is 10.9 Å². The first-order chi connectivity index (χ1) is 19.7. The van der Waals surface area contributed by atoms with E-state index in [1.165, 1.54) is 16.8 Å². The predicted octanol–water partition coefficient (Wildman–Crippen LogP) is 3.94. The molecule has 3 aromatic rings. The van der Waals surface area contributed by atoms with Gasteiger partial charge in [-0.15, -0.1) is 0 Å². The molecule has 42 heavy (non-hydrogen) atoms. The number of hydrogen-bond acceptors (Lipinski definition) is 5. The minimum Gasteiger partial charge on any atom is -0.341 e. The van der Waals surface area contributed by atoms with Crippen LogP contribution in [0.1, 0.15) is 42.6 Å². The van der Waals surface area contributed by atoms with E-state index in [9.17, 15) is 36.7 Å². The number of anilines is 1. The molecule has 2 saturated heterocycles. The fourth-order valence-electron chi connectivity index (χ4n) is 5.59. The van der Waals surface area contributed by atoms with Crippen molar-refractivity contribution in [3.8, 4) is 0 Å². The summed E-state index contributed by atoms with van der Waals surface area (Å²) < 4.78 is 53.8. The molecule has 2 aliphatic heterocycles. The van der Waals surface area contributed by atoms with E-state index in [1.807, 2.05) is 0 Å². The maximum Gasteiger partial charge on any atom is 0.416 e. The standard InChI is InChI=1S/C28H28F4N6O4/c1-15(2)22(34-23(39)19-13-17(28(30,31)32)4-6-20(19)29)24(40)37-10-8-27(9-11-37)25(41)36(3)26(42)38(27)18-5-7-21-16(12-18)14-33-35-21/h4-7,12-15,22H,8-11H2,1-3H3,(H,33,35)(H,34,39). The second kappa shape index (κ2) is 10.4. The van der Waals surface area contributed by atoms with Crippen molar-refractivity contribution in [1.29, 1.82) is 0 Å². The molecule has 222 valence electrons. The lowest BCUT2D eigenvalue weighted by Crippen LogP contribution is -2.60. The van der Waals surface area contributed by atoms with Crippen LogP contribution in [-0.2, 0) is 15.8 Å². The molecular weight excluding hydrogens is 560 g/mol. The number of urea groups is 1. The first-order valence-corrected chi connectivity index (χ1v) is 13.3. The van der Waals surface area contributed by atoms with Gasteiger partial charge in [0.2, 0.25) is 5.91 Å². The average Bonchev–Trinajstić information content (AvgIpc) is 3.48. The summed E-state index contributed by atoms with van der Waals surface area (Å²) in [6.45, 7) is 3.40. The third-order valence-corrected chi connectivity index (χ3v) is 7.95. The summed E-state index contributed by atoms with van der Waals surface area (Å²) in [6, 6.07) is 5.03. The zero-order valence-corrected chi connectivity index (χ0v) is 23.0. The van der Waals surface area contributed by atoms with Gasteiger partial charge in [0.1, 0.15) is 17.4 Å². The lowest BCUT2D eigenvalue weighted by atomic mass is 9.85. The SMILES string of the molecule is CC(C)C(NC(=O)c1cc(C(F)(F)F)ccc1F)C(=O)N1CCC2(CC1)C(=O)N(C)C(=O)N2c1ccc2[nH]ncc2c1. The van der Waals surface area contributed by atoms with Crippen LogP contribution in [0.3, 0.4) is 0 Å². The highest BCUT2D eigenvalue weighted by molar-refractivity contribution is 6.17. The van der Waals surface area contributed by atoms with E-state index >= 15 is 0 Å². The van der Waals surface area contributed by atoms with Crippen molar-refractivity contribution >= 4 is 40.3 Å². The van der Waals surface area contributed by atoms with E-state index in [0.29, 0.717) is 23.9 Å². The van der Waals surface area contributed by atoms with Crippen molar-refractivity contribution in [3.05, 3.63) is 59.5 Å². The molecule has 1 atom stereocenters. The molecule has 5 rings (SSSR count). The summed E-state index contributed by atoms with van der Waals surface area (Å²) >= 11 is 0. The lowest BCUT2D eigenvalue weighted by Gasteiger charge is -2.43. The van der Waals surface area contributed by atoms with Gasteiger partial charge < -0.3 is 10.2 Å². The number of likely N-dealkylation sites (N-methyl/N-ethyl adjacent to an activating group) is 1. The van der Waals surface area contributed by atoms with Gasteiger partial charge in [-0.1, -0.05) is 13.8 Å². The predicted molar refractivity (Wildman–Crippen MR) is 143 cm³/mol. The highest BCUT2D eigenvalue weighted by atomic mass is 19.4. The Hall–Kier alpha value is -4.49. The van der Waals surface area contributed by atoms with E-state index in [2.05, 4.69) is 15.5 Å². The molecule has 1 spiro atoms. The molecule has 2 fully saturated rings. The Balaban J connectivity index is 1.35. The summed E-state index contributed by atoms with van der Waals surface area (Å²) in [5.74, 6) is -3.74. The first-order valence-electron chi connectivity index (χ1n) is 13.3. The van der Waals surface area contributed by atoms with Gasteiger partial charge in [0, 0.05) is 31.2 Å². The van der Waals surface area contributed by atoms with Crippen LogP contribution < -0.4 is 10.2 Å². The van der Waals surface area contributed by atoms with Gasteiger partial charge in [0.15, 0.2) is 0 Å². The molecule has 2 N–H and O–H groups in total. The number of carbonyl (C=O) groups excluding carboxylic acids is 4. The van der Waals surface area contributed by atoms with Gasteiger partial charge in [0.25, 0.3) is 11.8 Å². The molecule has 0 saturated carbocycles. The number of H-pyrrole nitrogens is 1. The number of imide groups is 1. The Morgan fingerprint density at radius 2 is 1.76 bits per heavy atom. The number of aromatic nitrogens is 2. The maximum atomic E-state index is 14.3. The molecule has 5 amide bonds. The summed E-state index contributed by atoms with van der Waals surface area (Å²) in [5.41, 5.74) is -2.00. The molecule has 0 bridgehead atoms. The minimum atomic E-state index is -4.79. The fraction of sp³-hybridized carbons (Fsp3) is 0.393. The van der Waals surface area contributed by atoms with E-state index in [-0.39, 0.29) is 25.9 Å². The van der Waals surface area contributed by atoms with E-state index in [1.54, 1.807) is 38.2 Å². The minimum absolute atomic E-state index is 0.0627. The number of benzene rings is 2. The largest absolute Gasteiger partial charge is 0.416 e. The molecular formula is C28H28F4N6O4. The second-order valence-electron chi connectivity index (χ2n) is 10.9. The molecule has 0 radical (unpaired) electrons. The normalized spacial score (nSPS) is 18.0. The number of piperidine rings is 1. The van der Waals surface area contributed by atoms with Crippen LogP contribution in [0.15, 0.2) is 42.6 Å². The summed E-state index contributed by atoms with van der Waals surface area (Å²) in [4.78, 5) is 57.0. The van der Waals surface area contributed by atoms with Crippen LogP contribution in [0.4, 0.5) is 28.0 Å². The zero-order chi connectivity index (χ0) is 30.6. The molecule has 10 nitrogen and oxygen atoms in total. The van der Waals surface area contributed by atoms with Crippen LogP contribution in [0.2, 0.25) is 0 Å². The third kappa shape index (κ3) is 4.84. The Labute approximate surface area is 237 Å². The quantitative estimate of drug-likeness (QED) is 0.346. The molecule has 0 aliphatic carbocycles. The van der Waals surface area contributed by atoms with E-state index in [4.69, 9.17) is 0 Å². The Kier molecular flexibility index (Phi) is 7.19. The van der Waals surface area contributed by atoms with Gasteiger partial charge >= 0.3 is 12.2 Å². The molecule has 2 aromatic carbocycles. The Morgan fingerprint density at radius 3 is 2.40 bits per heavy atom. The molecule has 1 aromatic heterocycles. The Bertz CT molecular complexity index is 1580. The number of nitrogens with one attached hydrogen (secondary N) is 2. The third-order valence-electron chi connectivity index (χ3n) is 7.95. The number of alkyl halides is 3. The molecule has 3 heterocycles. The van der Waals surface area contributed by atoms with Gasteiger partial charge in [-0.3, -0.25) is 29.3 Å². The number of aromatic amines is 1. The van der Waals surface area contributed by atoms with Crippen molar-refractivity contribution in [2.75, 3.05) is 25.0 Å². The topological polar surface area (TPSA) is 119 Å². The van der Waals surface area contributed by atoms with E-state index in [0.717, 1.165) is 15.8 Å². The maximum absolute atomic E-state index is 14.3. The average molecular weight is 589 g/mol. The summed E-state index contributed by atoms with van der Waals surface area (Å²) in [7, 11) is 1.40. The lowest BCUT2D eigenvalue weighted by molar-refractivity contribution is -0.139. The number of fused-ring (bicyclic) bond motifs is 1. The van der Waals surface area contributed by atoms with Crippen LogP contribution in [0, 0.1) is 11.7 Å². The Morgan fingerprint density at radius 1 is 1.07 bits per heavy atom. The number of rotatable bonds is 5. The highest BCUT2D eigenvalue weighted by Gasteiger charge is 2.58. The van der Waals surface area contributed by atoms with Crippen LogP contribution >= 0.6 is 0 Å². The van der Waals surface area contributed by atoms with Gasteiger partial charge in [-0.2, -0.15) is 18.3 Å². The number of carbonyl (C=O) groups is 4. The highest BCUT2D eigenvalue weighted by Crippen LogP contribution is 2.41. The number of likely N-dealkylation sites (tertiary alicyclic amines) is 1. The van der Waals surface area contributed by atoms with E-state index < -0.39 is 64.4 Å². The van der Waals surface area contributed by atoms with Crippen molar-refractivity contribution in [2.24, 2.45) is 5.92 Å². The number of hydrogen-bond donors (Lipinski definition) is 2. The summed E-state index contributed by atoms with van der Waals surface area (Å²) in [6.07, 6.45) is -2.97. The first kappa shape index (κ1) is 29.0. The van der Waals surface area contributed by atoms with Crippen molar-refractivity contribution in [1.82, 2.24) is 25.3 Å². The van der Waals surface area contributed by atoms with Crippen LogP contribution in [-0.4, -0.2) is 75.5 Å². The number of nitrogens with zero attached hydrogens (tertiary/aromatic N) is 4. The van der Waals surface area contributed by atoms with Gasteiger partial charge in [0.05, 0.1) is 22.8 Å². The van der Waals surface area contributed by atoms with Gasteiger partial charge in [-0.05, 0) is 55.2 Å². The number of halogens is 4. The smallest absolute Gasteiger partial charge is 0.341 e.